The van der Waals surface area contributed by atoms with Crippen LogP contribution in [0, 0.1) is 11.3 Å². The Balaban J connectivity index is 1.35. The molecule has 1 aliphatic heterocycles. The number of allylic oxidation sites excluding steroid dienone is 4. The fourth-order valence-electron chi connectivity index (χ4n) is 5.11. The molecule has 5 rings (SSSR count). The summed E-state index contributed by atoms with van der Waals surface area (Å²) >= 11 is 0. The third-order valence-corrected chi connectivity index (χ3v) is 7.56. The maximum Gasteiger partial charge on any atom is 0.258 e. The van der Waals surface area contributed by atoms with Crippen molar-refractivity contribution >= 4 is 23.2 Å². The Morgan fingerprint density at radius 1 is 0.889 bits per heavy atom. The number of nitrogens with zero attached hydrogens (tertiary/aromatic N) is 2. The summed E-state index contributed by atoms with van der Waals surface area (Å²) in [6, 6.07) is 23.8. The number of amides is 2. The summed E-state index contributed by atoms with van der Waals surface area (Å²) in [4.78, 5) is 30.3. The minimum Gasteiger partial charge on any atom is -0.315 e. The lowest BCUT2D eigenvalue weighted by molar-refractivity contribution is -0.119. The number of anilines is 2. The van der Waals surface area contributed by atoms with Crippen LogP contribution in [0.25, 0.3) is 0 Å². The first-order valence-corrected chi connectivity index (χ1v) is 12.5. The molecule has 1 unspecified atom stereocenters. The molecule has 0 fully saturated rings. The van der Waals surface area contributed by atoms with Crippen LogP contribution in [0.3, 0.4) is 0 Å². The molecule has 2 aliphatic rings. The second-order valence-corrected chi connectivity index (χ2v) is 10.3. The van der Waals surface area contributed by atoms with Gasteiger partial charge in [0, 0.05) is 30.4 Å². The van der Waals surface area contributed by atoms with Crippen LogP contribution in [-0.4, -0.2) is 18.9 Å². The topological polar surface area (TPSA) is 40.6 Å². The summed E-state index contributed by atoms with van der Waals surface area (Å²) < 4.78 is 0. The van der Waals surface area contributed by atoms with E-state index in [0.29, 0.717) is 18.5 Å². The molecule has 3 aromatic carbocycles. The summed E-state index contributed by atoms with van der Waals surface area (Å²) in [5.74, 6) is 0.176. The Hall–Kier alpha value is -3.92. The second kappa shape index (κ2) is 9.62. The lowest BCUT2D eigenvalue weighted by Gasteiger charge is -2.32. The first-order chi connectivity index (χ1) is 17.3. The largest absolute Gasteiger partial charge is 0.315 e. The van der Waals surface area contributed by atoms with Crippen molar-refractivity contribution in [3.8, 4) is 0 Å². The first-order valence-electron chi connectivity index (χ1n) is 12.5. The molecule has 1 heterocycles. The lowest BCUT2D eigenvalue weighted by Crippen LogP contribution is -2.32. The second-order valence-electron chi connectivity index (χ2n) is 10.3. The quantitative estimate of drug-likeness (QED) is 0.428. The highest BCUT2D eigenvalue weighted by atomic mass is 16.2. The van der Waals surface area contributed by atoms with E-state index >= 15 is 0 Å². The number of hydrogen-bond donors (Lipinski definition) is 0. The van der Waals surface area contributed by atoms with Crippen LogP contribution in [0.1, 0.15) is 47.3 Å². The predicted octanol–water partition coefficient (Wildman–Crippen LogP) is 6.56. The number of fused-ring (bicyclic) bond motifs is 2. The highest BCUT2D eigenvalue weighted by Gasteiger charge is 2.30. The number of rotatable bonds is 4. The molecule has 2 amide bonds. The average Bonchev–Trinajstić information content (AvgIpc) is 3.06. The van der Waals surface area contributed by atoms with Crippen molar-refractivity contribution in [3.63, 3.8) is 0 Å². The molecular formula is C32H32N2O2. The molecule has 0 spiro atoms. The zero-order chi connectivity index (χ0) is 25.3. The van der Waals surface area contributed by atoms with Gasteiger partial charge < -0.3 is 9.80 Å². The first kappa shape index (κ1) is 23.8. The molecule has 4 heteroatoms. The maximum atomic E-state index is 13.7. The Kier molecular flexibility index (Phi) is 6.36. The van der Waals surface area contributed by atoms with Crippen LogP contribution >= 0.6 is 0 Å². The van der Waals surface area contributed by atoms with E-state index in [0.717, 1.165) is 23.4 Å². The fraction of sp³-hybridized carbons (Fsp3) is 0.250. The standard InChI is InChI=1S/C32H32N2O2/c1-32(2)19-9-8-13-27(32)21-30(35)33(3)28-17-15-23(16-18-28)31(36)34-22-26-12-5-4-10-24(26)20-25-11-6-7-14-29(25)34/h4-19,27H,20-22H2,1-3H3. The van der Waals surface area contributed by atoms with Crippen LogP contribution < -0.4 is 9.80 Å². The summed E-state index contributed by atoms with van der Waals surface area (Å²) in [5.41, 5.74) is 5.85. The van der Waals surface area contributed by atoms with Crippen molar-refractivity contribution in [1.82, 2.24) is 0 Å². The summed E-state index contributed by atoms with van der Waals surface area (Å²) in [6.45, 7) is 4.85. The van der Waals surface area contributed by atoms with Crippen molar-refractivity contribution in [2.75, 3.05) is 16.8 Å². The van der Waals surface area contributed by atoms with Crippen molar-refractivity contribution in [3.05, 3.63) is 119 Å². The van der Waals surface area contributed by atoms with Crippen LogP contribution in [0.15, 0.2) is 97.1 Å². The van der Waals surface area contributed by atoms with Gasteiger partial charge in [-0.15, -0.1) is 0 Å². The molecule has 1 atom stereocenters. The maximum absolute atomic E-state index is 13.7. The van der Waals surface area contributed by atoms with E-state index < -0.39 is 0 Å². The molecule has 3 aromatic rings. The highest BCUT2D eigenvalue weighted by molar-refractivity contribution is 6.07. The molecule has 0 aromatic heterocycles. The molecule has 182 valence electrons. The van der Waals surface area contributed by atoms with Crippen molar-refractivity contribution < 1.29 is 9.59 Å². The molecule has 0 radical (unpaired) electrons. The van der Waals surface area contributed by atoms with E-state index in [4.69, 9.17) is 0 Å². The minimum absolute atomic E-state index is 0.0411. The monoisotopic (exact) mass is 476 g/mol. The van der Waals surface area contributed by atoms with Gasteiger partial charge in [0.05, 0.1) is 6.54 Å². The van der Waals surface area contributed by atoms with E-state index in [1.807, 2.05) is 65.6 Å². The molecular weight excluding hydrogens is 444 g/mol. The van der Waals surface area contributed by atoms with Gasteiger partial charge in [-0.05, 0) is 64.8 Å². The van der Waals surface area contributed by atoms with Crippen LogP contribution in [0.2, 0.25) is 0 Å². The Morgan fingerprint density at radius 3 is 2.28 bits per heavy atom. The number of para-hydroxylation sites is 1. The molecule has 0 N–H and O–H groups in total. The van der Waals surface area contributed by atoms with Crippen molar-refractivity contribution in [2.24, 2.45) is 11.3 Å². The van der Waals surface area contributed by atoms with Crippen molar-refractivity contribution in [2.45, 2.75) is 33.2 Å². The van der Waals surface area contributed by atoms with Gasteiger partial charge in [-0.1, -0.05) is 80.6 Å². The highest BCUT2D eigenvalue weighted by Crippen LogP contribution is 2.36. The third kappa shape index (κ3) is 4.64. The van der Waals surface area contributed by atoms with Crippen molar-refractivity contribution in [1.29, 1.82) is 0 Å². The summed E-state index contributed by atoms with van der Waals surface area (Å²) in [6.07, 6.45) is 9.58. The zero-order valence-electron chi connectivity index (χ0n) is 21.1. The SMILES string of the molecule is CN(C(=O)CC1C=CC=CC1(C)C)c1ccc(C(=O)N2Cc3ccccc3Cc3ccccc32)cc1. The Bertz CT molecular complexity index is 1350. The fourth-order valence-corrected chi connectivity index (χ4v) is 5.11. The van der Waals surface area contributed by atoms with Gasteiger partial charge in [-0.25, -0.2) is 0 Å². The smallest absolute Gasteiger partial charge is 0.258 e. The number of carbonyl (C=O) groups is 2. The molecule has 0 saturated heterocycles. The van der Waals surface area contributed by atoms with Gasteiger partial charge in [0.1, 0.15) is 0 Å². The van der Waals surface area contributed by atoms with E-state index in [2.05, 4.69) is 50.3 Å². The van der Waals surface area contributed by atoms with Crippen LogP contribution in [-0.2, 0) is 17.8 Å². The molecule has 1 aliphatic carbocycles. The van der Waals surface area contributed by atoms with Gasteiger partial charge in [0.25, 0.3) is 5.91 Å². The number of carbonyl (C=O) groups excluding carboxylic acids is 2. The van der Waals surface area contributed by atoms with Gasteiger partial charge in [-0.3, -0.25) is 9.59 Å². The minimum atomic E-state index is -0.0520. The van der Waals surface area contributed by atoms with E-state index in [1.54, 1.807) is 11.9 Å². The Labute approximate surface area is 213 Å². The molecule has 36 heavy (non-hydrogen) atoms. The van der Waals surface area contributed by atoms with Gasteiger partial charge in [0.2, 0.25) is 5.91 Å². The zero-order valence-corrected chi connectivity index (χ0v) is 21.1. The van der Waals surface area contributed by atoms with Gasteiger partial charge in [-0.2, -0.15) is 0 Å². The van der Waals surface area contributed by atoms with Gasteiger partial charge in [0.15, 0.2) is 0 Å². The molecule has 4 nitrogen and oxygen atoms in total. The summed E-state index contributed by atoms with van der Waals surface area (Å²) in [7, 11) is 1.80. The number of benzene rings is 3. The van der Waals surface area contributed by atoms with E-state index in [1.165, 1.54) is 11.1 Å². The average molecular weight is 477 g/mol. The van der Waals surface area contributed by atoms with Crippen LogP contribution in [0.4, 0.5) is 11.4 Å². The van der Waals surface area contributed by atoms with Gasteiger partial charge >= 0.3 is 0 Å². The summed E-state index contributed by atoms with van der Waals surface area (Å²) in [5, 5.41) is 0. The molecule has 0 saturated carbocycles. The van der Waals surface area contributed by atoms with E-state index in [-0.39, 0.29) is 23.1 Å². The van der Waals surface area contributed by atoms with Crippen LogP contribution in [0.5, 0.6) is 0 Å². The Morgan fingerprint density at radius 2 is 1.56 bits per heavy atom. The normalized spacial score (nSPS) is 17.6. The van der Waals surface area contributed by atoms with E-state index in [9.17, 15) is 9.59 Å². The third-order valence-electron chi connectivity index (χ3n) is 7.56. The predicted molar refractivity (Wildman–Crippen MR) is 146 cm³/mol. The molecule has 0 bridgehead atoms. The lowest BCUT2D eigenvalue weighted by atomic mass is 9.74. The number of hydrogen-bond acceptors (Lipinski definition) is 2.